The summed E-state index contributed by atoms with van der Waals surface area (Å²) in [6.07, 6.45) is 3.59. The Morgan fingerprint density at radius 1 is 1.33 bits per heavy atom. The molecule has 142 valence electrons. The van der Waals surface area contributed by atoms with E-state index in [0.717, 1.165) is 42.0 Å². The summed E-state index contributed by atoms with van der Waals surface area (Å²) in [5.41, 5.74) is 3.71. The van der Waals surface area contributed by atoms with Crippen LogP contribution in [0.25, 0.3) is 0 Å². The maximum atomic E-state index is 12.6. The molecule has 0 saturated carbocycles. The van der Waals surface area contributed by atoms with Crippen molar-refractivity contribution in [1.82, 2.24) is 10.3 Å². The lowest BCUT2D eigenvalue weighted by Crippen LogP contribution is -2.38. The lowest BCUT2D eigenvalue weighted by atomic mass is 9.95. The van der Waals surface area contributed by atoms with Crippen molar-refractivity contribution in [3.63, 3.8) is 0 Å². The van der Waals surface area contributed by atoms with Crippen molar-refractivity contribution in [2.24, 2.45) is 5.92 Å². The van der Waals surface area contributed by atoms with Gasteiger partial charge in [-0.1, -0.05) is 12.1 Å². The first-order valence-corrected chi connectivity index (χ1v) is 9.55. The predicted octanol–water partition coefficient (Wildman–Crippen LogP) is 2.13. The van der Waals surface area contributed by atoms with Crippen LogP contribution in [0.5, 0.6) is 11.5 Å². The van der Waals surface area contributed by atoms with Crippen LogP contribution >= 0.6 is 0 Å². The maximum Gasteiger partial charge on any atom is 0.253 e. The summed E-state index contributed by atoms with van der Waals surface area (Å²) < 4.78 is 11.4. The average Bonchev–Trinajstić information content (AvgIpc) is 3.13. The zero-order chi connectivity index (χ0) is 18.8. The van der Waals surface area contributed by atoms with Gasteiger partial charge >= 0.3 is 0 Å². The van der Waals surface area contributed by atoms with Crippen LogP contribution in [-0.4, -0.2) is 24.1 Å². The minimum Gasteiger partial charge on any atom is -0.490 e. The van der Waals surface area contributed by atoms with Crippen molar-refractivity contribution in [2.45, 2.75) is 39.2 Å². The van der Waals surface area contributed by atoms with Gasteiger partial charge in [-0.2, -0.15) is 0 Å². The van der Waals surface area contributed by atoms with Crippen molar-refractivity contribution >= 4 is 5.91 Å². The molecular weight excluding hydrogens is 344 g/mol. The number of amides is 1. The first-order valence-electron chi connectivity index (χ1n) is 9.55. The van der Waals surface area contributed by atoms with Gasteiger partial charge in [0.25, 0.3) is 5.56 Å². The van der Waals surface area contributed by atoms with Crippen LogP contribution in [-0.2, 0) is 30.6 Å². The summed E-state index contributed by atoms with van der Waals surface area (Å²) in [6.45, 7) is 3.05. The first-order chi connectivity index (χ1) is 13.2. The molecule has 2 N–H and O–H groups in total. The Balaban J connectivity index is 1.41. The molecule has 1 unspecified atom stereocenters. The number of hydrogen-bond acceptors (Lipinski definition) is 4. The zero-order valence-corrected chi connectivity index (χ0v) is 15.5. The number of H-pyrrole nitrogens is 1. The van der Waals surface area contributed by atoms with E-state index in [1.54, 1.807) is 0 Å². The van der Waals surface area contributed by atoms with Crippen LogP contribution in [0.1, 0.15) is 35.7 Å². The van der Waals surface area contributed by atoms with E-state index in [9.17, 15) is 9.59 Å². The summed E-state index contributed by atoms with van der Waals surface area (Å²) >= 11 is 0. The predicted molar refractivity (Wildman–Crippen MR) is 101 cm³/mol. The molecule has 2 aromatic rings. The number of carbonyl (C=O) groups excluding carboxylic acids is 1. The number of hydrogen-bond donors (Lipinski definition) is 2. The van der Waals surface area contributed by atoms with Gasteiger partial charge in [0.15, 0.2) is 11.5 Å². The van der Waals surface area contributed by atoms with Crippen LogP contribution < -0.4 is 20.3 Å². The number of para-hydroxylation sites is 1. The molecule has 0 spiro atoms. The highest BCUT2D eigenvalue weighted by atomic mass is 16.5. The number of rotatable bonds is 5. The Morgan fingerprint density at radius 2 is 2.22 bits per heavy atom. The number of benzene rings is 1. The van der Waals surface area contributed by atoms with Crippen molar-refractivity contribution in [2.75, 3.05) is 13.2 Å². The Kier molecular flexibility index (Phi) is 4.88. The molecule has 0 bridgehead atoms. The molecule has 1 aromatic carbocycles. The van der Waals surface area contributed by atoms with Gasteiger partial charge in [0.1, 0.15) is 6.61 Å². The number of carbonyl (C=O) groups is 1. The van der Waals surface area contributed by atoms with E-state index < -0.39 is 0 Å². The van der Waals surface area contributed by atoms with Crippen molar-refractivity contribution < 1.29 is 14.3 Å². The van der Waals surface area contributed by atoms with Crippen LogP contribution in [0.4, 0.5) is 0 Å². The number of pyridine rings is 1. The molecule has 2 aliphatic rings. The summed E-state index contributed by atoms with van der Waals surface area (Å²) in [4.78, 5) is 27.7. The fourth-order valence-electron chi connectivity index (χ4n) is 3.85. The molecule has 27 heavy (non-hydrogen) atoms. The van der Waals surface area contributed by atoms with Gasteiger partial charge in [-0.25, -0.2) is 0 Å². The van der Waals surface area contributed by atoms with Gasteiger partial charge in [0, 0.05) is 17.8 Å². The molecule has 2 heterocycles. The van der Waals surface area contributed by atoms with Crippen LogP contribution in [0, 0.1) is 5.92 Å². The van der Waals surface area contributed by atoms with Crippen molar-refractivity contribution in [3.8, 4) is 11.5 Å². The van der Waals surface area contributed by atoms with Gasteiger partial charge in [0.05, 0.1) is 12.5 Å². The molecule has 4 rings (SSSR count). The highest BCUT2D eigenvalue weighted by Crippen LogP contribution is 2.36. The highest BCUT2D eigenvalue weighted by molar-refractivity contribution is 5.79. The second-order valence-electron chi connectivity index (χ2n) is 7.09. The van der Waals surface area contributed by atoms with E-state index in [0.29, 0.717) is 25.2 Å². The standard InChI is InChI=1S/C21H24N2O4/c1-2-26-18-8-4-6-14-10-16(12-27-19(14)18)20(24)22-11-15-9-13-5-3-7-17(13)23-21(15)25/h4,6,8-9,16H,2-3,5,7,10-12H2,1H3,(H,22,24)(H,23,25). The SMILES string of the molecule is CCOc1cccc2c1OCC(C(=O)NCc1cc3c([nH]c1=O)CCC3)C2. The summed E-state index contributed by atoms with van der Waals surface area (Å²) in [6, 6.07) is 7.69. The van der Waals surface area contributed by atoms with Gasteiger partial charge in [0.2, 0.25) is 5.91 Å². The summed E-state index contributed by atoms with van der Waals surface area (Å²) in [7, 11) is 0. The van der Waals surface area contributed by atoms with Gasteiger partial charge in [-0.3, -0.25) is 9.59 Å². The van der Waals surface area contributed by atoms with E-state index >= 15 is 0 Å². The molecule has 0 fully saturated rings. The lowest BCUT2D eigenvalue weighted by molar-refractivity contribution is -0.126. The average molecular weight is 368 g/mol. The van der Waals surface area contributed by atoms with Crippen molar-refractivity contribution in [1.29, 1.82) is 0 Å². The van der Waals surface area contributed by atoms with Crippen molar-refractivity contribution in [3.05, 3.63) is 57.0 Å². The zero-order valence-electron chi connectivity index (χ0n) is 15.5. The van der Waals surface area contributed by atoms with Gasteiger partial charge in [-0.05, 0) is 55.9 Å². The van der Waals surface area contributed by atoms with Crippen LogP contribution in [0.2, 0.25) is 0 Å². The Bertz CT molecular complexity index is 919. The number of nitrogens with one attached hydrogen (secondary N) is 2. The number of aromatic nitrogens is 1. The fourth-order valence-corrected chi connectivity index (χ4v) is 3.85. The third kappa shape index (κ3) is 3.56. The Labute approximate surface area is 157 Å². The highest BCUT2D eigenvalue weighted by Gasteiger charge is 2.28. The smallest absolute Gasteiger partial charge is 0.253 e. The molecule has 1 atom stereocenters. The number of ether oxygens (including phenoxy) is 2. The fraction of sp³-hybridized carbons (Fsp3) is 0.429. The minimum atomic E-state index is -0.275. The van der Waals surface area contributed by atoms with E-state index in [4.69, 9.17) is 9.47 Å². The van der Waals surface area contributed by atoms with E-state index in [-0.39, 0.29) is 23.9 Å². The molecule has 1 aliphatic carbocycles. The molecule has 0 radical (unpaired) electrons. The number of fused-ring (bicyclic) bond motifs is 2. The molecule has 6 nitrogen and oxygen atoms in total. The Hall–Kier alpha value is -2.76. The lowest BCUT2D eigenvalue weighted by Gasteiger charge is -2.26. The number of aromatic amines is 1. The van der Waals surface area contributed by atoms with Crippen LogP contribution in [0.3, 0.4) is 0 Å². The molecule has 1 aliphatic heterocycles. The van der Waals surface area contributed by atoms with E-state index in [1.807, 2.05) is 31.2 Å². The van der Waals surface area contributed by atoms with Gasteiger partial charge < -0.3 is 19.8 Å². The van der Waals surface area contributed by atoms with Gasteiger partial charge in [-0.15, -0.1) is 0 Å². The first kappa shape index (κ1) is 17.6. The molecule has 1 aromatic heterocycles. The second-order valence-corrected chi connectivity index (χ2v) is 7.09. The monoisotopic (exact) mass is 368 g/mol. The normalized spacial score (nSPS) is 17.6. The topological polar surface area (TPSA) is 80.4 Å². The molecule has 1 amide bonds. The van der Waals surface area contributed by atoms with E-state index in [2.05, 4.69) is 10.3 Å². The second kappa shape index (κ2) is 7.47. The minimum absolute atomic E-state index is 0.0950. The largest absolute Gasteiger partial charge is 0.490 e. The Morgan fingerprint density at radius 3 is 3.07 bits per heavy atom. The maximum absolute atomic E-state index is 12.6. The van der Waals surface area contributed by atoms with Crippen LogP contribution in [0.15, 0.2) is 29.1 Å². The third-order valence-electron chi connectivity index (χ3n) is 5.24. The summed E-state index contributed by atoms with van der Waals surface area (Å²) in [5.74, 6) is 1.09. The number of aryl methyl sites for hydroxylation is 2. The molecule has 6 heteroatoms. The summed E-state index contributed by atoms with van der Waals surface area (Å²) in [5, 5.41) is 2.90. The molecular formula is C21H24N2O4. The third-order valence-corrected chi connectivity index (χ3v) is 5.24. The van der Waals surface area contributed by atoms with E-state index in [1.165, 1.54) is 5.56 Å². The quantitative estimate of drug-likeness (QED) is 0.847. The molecule has 0 saturated heterocycles.